The van der Waals surface area contributed by atoms with Crippen LogP contribution in [0.5, 0.6) is 0 Å². The summed E-state index contributed by atoms with van der Waals surface area (Å²) in [6.45, 7) is 2.50. The Morgan fingerprint density at radius 3 is 2.31 bits per heavy atom. The molecule has 0 atom stereocenters. The Kier molecular flexibility index (Phi) is 5.26. The van der Waals surface area contributed by atoms with Gasteiger partial charge in [-0.15, -0.1) is 12.4 Å². The second-order valence-corrected chi connectivity index (χ2v) is 4.48. The van der Waals surface area contributed by atoms with Crippen LogP contribution in [-0.2, 0) is 11.2 Å². The van der Waals surface area contributed by atoms with Gasteiger partial charge in [0, 0.05) is 13.2 Å². The van der Waals surface area contributed by atoms with Crippen molar-refractivity contribution < 1.29 is 4.74 Å². The number of nitrogens with two attached hydrogens (primary N) is 1. The van der Waals surface area contributed by atoms with Gasteiger partial charge in [-0.1, -0.05) is 30.3 Å². The molecule has 2 N–H and O–H groups in total. The van der Waals surface area contributed by atoms with Gasteiger partial charge in [0.2, 0.25) is 0 Å². The van der Waals surface area contributed by atoms with Gasteiger partial charge < -0.3 is 10.5 Å². The number of rotatable bonds is 3. The first-order valence-electron chi connectivity index (χ1n) is 5.66. The topological polar surface area (TPSA) is 35.2 Å². The van der Waals surface area contributed by atoms with Gasteiger partial charge in [0.15, 0.2) is 0 Å². The molecule has 1 aliphatic heterocycles. The van der Waals surface area contributed by atoms with E-state index in [-0.39, 0.29) is 17.8 Å². The fourth-order valence-corrected chi connectivity index (χ4v) is 2.29. The molecule has 0 saturated carbocycles. The molecule has 0 bridgehead atoms. The van der Waals surface area contributed by atoms with Crippen molar-refractivity contribution in [1.29, 1.82) is 0 Å². The lowest BCUT2D eigenvalue weighted by atomic mass is 9.75. The van der Waals surface area contributed by atoms with E-state index in [2.05, 4.69) is 30.3 Å². The molecular weight excluding hydrogens is 222 g/mol. The maximum atomic E-state index is 5.93. The van der Waals surface area contributed by atoms with Crippen LogP contribution in [0, 0.1) is 5.41 Å². The predicted molar refractivity (Wildman–Crippen MR) is 68.9 cm³/mol. The minimum absolute atomic E-state index is 0. The third-order valence-electron chi connectivity index (χ3n) is 3.41. The average Bonchev–Trinajstić information content (AvgIpc) is 2.32. The largest absolute Gasteiger partial charge is 0.381 e. The molecule has 16 heavy (non-hydrogen) atoms. The summed E-state index contributed by atoms with van der Waals surface area (Å²) >= 11 is 0. The first-order chi connectivity index (χ1) is 7.35. The summed E-state index contributed by atoms with van der Waals surface area (Å²) in [5.41, 5.74) is 7.60. The van der Waals surface area contributed by atoms with Crippen LogP contribution < -0.4 is 5.73 Å². The van der Waals surface area contributed by atoms with Crippen LogP contribution in [0.1, 0.15) is 18.4 Å². The molecule has 1 aliphatic rings. The summed E-state index contributed by atoms with van der Waals surface area (Å²) in [6, 6.07) is 10.6. The molecular formula is C13H20ClNO. The van der Waals surface area contributed by atoms with Crippen LogP contribution >= 0.6 is 12.4 Å². The number of hydrogen-bond donors (Lipinski definition) is 1. The highest BCUT2D eigenvalue weighted by Gasteiger charge is 2.31. The summed E-state index contributed by atoms with van der Waals surface area (Å²) in [5, 5.41) is 0. The predicted octanol–water partition coefficient (Wildman–Crippen LogP) is 2.41. The SMILES string of the molecule is Cl.NCC1(Cc2ccccc2)CCOCC1. The van der Waals surface area contributed by atoms with Gasteiger partial charge in [0.25, 0.3) is 0 Å². The third kappa shape index (κ3) is 3.21. The van der Waals surface area contributed by atoms with Crippen LogP contribution in [0.4, 0.5) is 0 Å². The quantitative estimate of drug-likeness (QED) is 0.882. The third-order valence-corrected chi connectivity index (χ3v) is 3.41. The Hall–Kier alpha value is -0.570. The molecule has 2 nitrogen and oxygen atoms in total. The van der Waals surface area contributed by atoms with Crippen molar-refractivity contribution in [2.45, 2.75) is 19.3 Å². The van der Waals surface area contributed by atoms with Crippen molar-refractivity contribution in [2.75, 3.05) is 19.8 Å². The molecule has 0 unspecified atom stereocenters. The summed E-state index contributed by atoms with van der Waals surface area (Å²) < 4.78 is 5.41. The zero-order chi connectivity index (χ0) is 10.6. The van der Waals surface area contributed by atoms with Gasteiger partial charge in [-0.3, -0.25) is 0 Å². The lowest BCUT2D eigenvalue weighted by Gasteiger charge is -2.36. The van der Waals surface area contributed by atoms with Gasteiger partial charge in [-0.05, 0) is 36.8 Å². The lowest BCUT2D eigenvalue weighted by Crippen LogP contribution is -2.38. The van der Waals surface area contributed by atoms with E-state index >= 15 is 0 Å². The standard InChI is InChI=1S/C13H19NO.ClH/c14-11-13(6-8-15-9-7-13)10-12-4-2-1-3-5-12;/h1-5H,6-11,14H2;1H. The van der Waals surface area contributed by atoms with Crippen LogP contribution in [-0.4, -0.2) is 19.8 Å². The van der Waals surface area contributed by atoms with E-state index in [1.54, 1.807) is 0 Å². The number of halogens is 1. The summed E-state index contributed by atoms with van der Waals surface area (Å²) in [7, 11) is 0. The van der Waals surface area contributed by atoms with Crippen molar-refractivity contribution in [3.63, 3.8) is 0 Å². The molecule has 0 radical (unpaired) electrons. The van der Waals surface area contributed by atoms with Gasteiger partial charge in [-0.2, -0.15) is 0 Å². The molecule has 2 rings (SSSR count). The Bertz CT molecular complexity index is 296. The van der Waals surface area contributed by atoms with Crippen LogP contribution in [0.2, 0.25) is 0 Å². The van der Waals surface area contributed by atoms with Crippen molar-refractivity contribution >= 4 is 12.4 Å². The second-order valence-electron chi connectivity index (χ2n) is 4.48. The second kappa shape index (κ2) is 6.24. The summed E-state index contributed by atoms with van der Waals surface area (Å²) in [4.78, 5) is 0. The molecule has 1 heterocycles. The van der Waals surface area contributed by atoms with Crippen LogP contribution in [0.25, 0.3) is 0 Å². The molecule has 0 aliphatic carbocycles. The highest BCUT2D eigenvalue weighted by atomic mass is 35.5. The molecule has 1 fully saturated rings. The zero-order valence-electron chi connectivity index (χ0n) is 9.52. The first-order valence-corrected chi connectivity index (χ1v) is 5.66. The molecule has 0 aromatic heterocycles. The highest BCUT2D eigenvalue weighted by molar-refractivity contribution is 5.85. The van der Waals surface area contributed by atoms with Crippen molar-refractivity contribution in [1.82, 2.24) is 0 Å². The van der Waals surface area contributed by atoms with E-state index in [4.69, 9.17) is 10.5 Å². The average molecular weight is 242 g/mol. The maximum Gasteiger partial charge on any atom is 0.0471 e. The van der Waals surface area contributed by atoms with E-state index in [0.29, 0.717) is 0 Å². The molecule has 0 spiro atoms. The molecule has 1 aromatic rings. The van der Waals surface area contributed by atoms with Crippen molar-refractivity contribution in [2.24, 2.45) is 11.1 Å². The van der Waals surface area contributed by atoms with Gasteiger partial charge in [-0.25, -0.2) is 0 Å². The van der Waals surface area contributed by atoms with Gasteiger partial charge in [0.1, 0.15) is 0 Å². The highest BCUT2D eigenvalue weighted by Crippen LogP contribution is 2.33. The van der Waals surface area contributed by atoms with Gasteiger partial charge >= 0.3 is 0 Å². The number of benzene rings is 1. The van der Waals surface area contributed by atoms with Crippen molar-refractivity contribution in [3.8, 4) is 0 Å². The summed E-state index contributed by atoms with van der Waals surface area (Å²) in [5.74, 6) is 0. The van der Waals surface area contributed by atoms with E-state index in [0.717, 1.165) is 39.0 Å². The number of ether oxygens (including phenoxy) is 1. The van der Waals surface area contributed by atoms with E-state index < -0.39 is 0 Å². The van der Waals surface area contributed by atoms with Crippen LogP contribution in [0.3, 0.4) is 0 Å². The van der Waals surface area contributed by atoms with E-state index in [1.165, 1.54) is 5.56 Å². The van der Waals surface area contributed by atoms with Gasteiger partial charge in [0.05, 0.1) is 0 Å². The Morgan fingerprint density at radius 2 is 1.75 bits per heavy atom. The molecule has 1 aromatic carbocycles. The molecule has 3 heteroatoms. The fourth-order valence-electron chi connectivity index (χ4n) is 2.29. The molecule has 1 saturated heterocycles. The zero-order valence-corrected chi connectivity index (χ0v) is 10.3. The maximum absolute atomic E-state index is 5.93. The fraction of sp³-hybridized carbons (Fsp3) is 0.538. The Balaban J connectivity index is 0.00000128. The lowest BCUT2D eigenvalue weighted by molar-refractivity contribution is 0.0191. The minimum atomic E-state index is 0. The smallest absolute Gasteiger partial charge is 0.0471 e. The molecule has 0 amide bonds. The number of hydrogen-bond acceptors (Lipinski definition) is 2. The Labute approximate surface area is 104 Å². The van der Waals surface area contributed by atoms with Crippen molar-refractivity contribution in [3.05, 3.63) is 35.9 Å². The monoisotopic (exact) mass is 241 g/mol. The normalized spacial score (nSPS) is 18.8. The summed E-state index contributed by atoms with van der Waals surface area (Å²) in [6.07, 6.45) is 3.28. The van der Waals surface area contributed by atoms with E-state index in [1.807, 2.05) is 0 Å². The van der Waals surface area contributed by atoms with Crippen LogP contribution in [0.15, 0.2) is 30.3 Å². The minimum Gasteiger partial charge on any atom is -0.381 e. The Morgan fingerprint density at radius 1 is 1.12 bits per heavy atom. The van der Waals surface area contributed by atoms with E-state index in [9.17, 15) is 0 Å². The first kappa shape index (κ1) is 13.5. The molecule has 90 valence electrons.